The number of benzene rings is 1. The van der Waals surface area contributed by atoms with Gasteiger partial charge in [-0.2, -0.15) is 0 Å². The molecule has 1 amide bonds. The number of aromatic nitrogens is 4. The van der Waals surface area contributed by atoms with Gasteiger partial charge >= 0.3 is 0 Å². The van der Waals surface area contributed by atoms with E-state index in [9.17, 15) is 9.18 Å². The molecule has 1 N–H and O–H groups in total. The third kappa shape index (κ3) is 4.39. The predicted octanol–water partition coefficient (Wildman–Crippen LogP) is 1.46. The van der Waals surface area contributed by atoms with E-state index in [1.807, 2.05) is 6.07 Å². The van der Waals surface area contributed by atoms with E-state index in [0.29, 0.717) is 24.5 Å². The van der Waals surface area contributed by atoms with Gasteiger partial charge in [-0.15, -0.1) is 5.10 Å². The second-order valence-electron chi connectivity index (χ2n) is 6.28. The molecule has 1 fully saturated rings. The standard InChI is InChI=1S/C17H23FN6O/c1-13-20-21-22-24(13)11-8-17(25)19-12-16(23-9-4-5-10-23)14-6-2-3-7-15(14)18/h2-3,6-7,16H,4-5,8-12H2,1H3,(H,19,25)/t16-/m1/s1. The lowest BCUT2D eigenvalue weighted by molar-refractivity contribution is -0.121. The summed E-state index contributed by atoms with van der Waals surface area (Å²) in [5.41, 5.74) is 0.640. The number of tetrazole rings is 1. The van der Waals surface area contributed by atoms with Gasteiger partial charge in [-0.3, -0.25) is 9.69 Å². The summed E-state index contributed by atoms with van der Waals surface area (Å²) in [6.45, 7) is 4.48. The van der Waals surface area contributed by atoms with Crippen molar-refractivity contribution in [1.29, 1.82) is 0 Å². The van der Waals surface area contributed by atoms with Crippen LogP contribution >= 0.6 is 0 Å². The number of likely N-dealkylation sites (tertiary alicyclic amines) is 1. The van der Waals surface area contributed by atoms with E-state index in [-0.39, 0.29) is 24.2 Å². The maximum atomic E-state index is 14.2. The number of nitrogens with one attached hydrogen (secondary N) is 1. The molecule has 8 heteroatoms. The third-order valence-corrected chi connectivity index (χ3v) is 4.60. The van der Waals surface area contributed by atoms with Gasteiger partial charge in [0, 0.05) is 18.5 Å². The van der Waals surface area contributed by atoms with Gasteiger partial charge in [0.25, 0.3) is 0 Å². The molecule has 25 heavy (non-hydrogen) atoms. The highest BCUT2D eigenvalue weighted by atomic mass is 19.1. The molecule has 2 heterocycles. The van der Waals surface area contributed by atoms with Crippen molar-refractivity contribution in [1.82, 2.24) is 30.4 Å². The summed E-state index contributed by atoms with van der Waals surface area (Å²) in [6, 6.07) is 6.66. The quantitative estimate of drug-likeness (QED) is 0.821. The Kier molecular flexibility index (Phi) is 5.70. The Balaban J connectivity index is 1.59. The number of rotatable bonds is 7. The van der Waals surface area contributed by atoms with Crippen LogP contribution in [0.1, 0.15) is 36.7 Å². The lowest BCUT2D eigenvalue weighted by Crippen LogP contribution is -2.37. The molecular formula is C17H23FN6O. The summed E-state index contributed by atoms with van der Waals surface area (Å²) >= 11 is 0. The van der Waals surface area contributed by atoms with Gasteiger partial charge in [0.2, 0.25) is 5.91 Å². The van der Waals surface area contributed by atoms with Gasteiger partial charge in [-0.05, 0) is 49.3 Å². The van der Waals surface area contributed by atoms with Crippen LogP contribution in [0.5, 0.6) is 0 Å². The van der Waals surface area contributed by atoms with Crippen LogP contribution in [0.15, 0.2) is 24.3 Å². The number of halogens is 1. The maximum absolute atomic E-state index is 14.2. The second kappa shape index (κ2) is 8.15. The fourth-order valence-corrected chi connectivity index (χ4v) is 3.20. The number of carbonyl (C=O) groups is 1. The zero-order valence-corrected chi connectivity index (χ0v) is 14.4. The number of hydrogen-bond donors (Lipinski definition) is 1. The molecule has 1 aromatic carbocycles. The Hall–Kier alpha value is -2.35. The molecule has 1 aliphatic rings. The van der Waals surface area contributed by atoms with Crippen LogP contribution in [0, 0.1) is 12.7 Å². The van der Waals surface area contributed by atoms with Gasteiger partial charge < -0.3 is 5.32 Å². The first-order valence-corrected chi connectivity index (χ1v) is 8.63. The molecule has 134 valence electrons. The van der Waals surface area contributed by atoms with E-state index in [0.717, 1.165) is 25.9 Å². The van der Waals surface area contributed by atoms with Gasteiger partial charge in [0.1, 0.15) is 11.6 Å². The van der Waals surface area contributed by atoms with Crippen LogP contribution in [-0.4, -0.2) is 50.6 Å². The van der Waals surface area contributed by atoms with Gasteiger partial charge in [-0.1, -0.05) is 18.2 Å². The van der Waals surface area contributed by atoms with Crippen LogP contribution < -0.4 is 5.32 Å². The zero-order chi connectivity index (χ0) is 17.6. The average Bonchev–Trinajstić information content (AvgIpc) is 3.27. The largest absolute Gasteiger partial charge is 0.354 e. The Labute approximate surface area is 146 Å². The van der Waals surface area contributed by atoms with Crippen molar-refractivity contribution >= 4 is 5.91 Å². The number of amides is 1. The van der Waals surface area contributed by atoms with Crippen molar-refractivity contribution in [2.75, 3.05) is 19.6 Å². The van der Waals surface area contributed by atoms with Crippen LogP contribution in [0.4, 0.5) is 4.39 Å². The topological polar surface area (TPSA) is 75.9 Å². The molecule has 3 rings (SSSR count). The Morgan fingerprint density at radius 2 is 2.08 bits per heavy atom. The third-order valence-electron chi connectivity index (χ3n) is 4.60. The highest BCUT2D eigenvalue weighted by Gasteiger charge is 2.25. The molecule has 0 saturated carbocycles. The SMILES string of the molecule is Cc1nnnn1CCC(=O)NC[C@H](c1ccccc1F)N1CCCC1. The van der Waals surface area contributed by atoms with Crippen molar-refractivity contribution in [2.45, 2.75) is 38.8 Å². The van der Waals surface area contributed by atoms with Crippen molar-refractivity contribution in [2.24, 2.45) is 0 Å². The molecule has 0 spiro atoms. The minimum Gasteiger partial charge on any atom is -0.354 e. The minimum absolute atomic E-state index is 0.0876. The fraction of sp³-hybridized carbons (Fsp3) is 0.529. The molecular weight excluding hydrogens is 323 g/mol. The molecule has 1 aliphatic heterocycles. The maximum Gasteiger partial charge on any atom is 0.221 e. The van der Waals surface area contributed by atoms with E-state index in [1.165, 1.54) is 6.07 Å². The molecule has 1 saturated heterocycles. The average molecular weight is 346 g/mol. The minimum atomic E-state index is -0.224. The van der Waals surface area contributed by atoms with Crippen molar-refractivity contribution in [3.63, 3.8) is 0 Å². The monoisotopic (exact) mass is 346 g/mol. The number of carbonyl (C=O) groups excluding carboxylic acids is 1. The molecule has 2 aromatic rings. The number of nitrogens with zero attached hydrogens (tertiary/aromatic N) is 5. The molecule has 0 bridgehead atoms. The summed E-state index contributed by atoms with van der Waals surface area (Å²) in [5, 5.41) is 14.1. The van der Waals surface area contributed by atoms with Crippen LogP contribution in [0.25, 0.3) is 0 Å². The predicted molar refractivity (Wildman–Crippen MR) is 90.1 cm³/mol. The van der Waals surface area contributed by atoms with Crippen LogP contribution in [0.2, 0.25) is 0 Å². The van der Waals surface area contributed by atoms with Gasteiger partial charge in [0.15, 0.2) is 0 Å². The molecule has 7 nitrogen and oxygen atoms in total. The van der Waals surface area contributed by atoms with Crippen molar-refractivity contribution in [3.05, 3.63) is 41.5 Å². The Morgan fingerprint density at radius 3 is 2.76 bits per heavy atom. The summed E-state index contributed by atoms with van der Waals surface area (Å²) in [6.07, 6.45) is 2.50. The first-order valence-electron chi connectivity index (χ1n) is 8.63. The highest BCUT2D eigenvalue weighted by Crippen LogP contribution is 2.26. The number of aryl methyl sites for hydroxylation is 2. The van der Waals surface area contributed by atoms with Crippen LogP contribution in [-0.2, 0) is 11.3 Å². The van der Waals surface area contributed by atoms with Gasteiger partial charge in [0.05, 0.1) is 12.6 Å². The lowest BCUT2D eigenvalue weighted by Gasteiger charge is -2.28. The van der Waals surface area contributed by atoms with Gasteiger partial charge in [-0.25, -0.2) is 9.07 Å². The Bertz CT molecular complexity index is 713. The molecule has 0 radical (unpaired) electrons. The summed E-state index contributed by atoms with van der Waals surface area (Å²) in [5.74, 6) is 0.363. The molecule has 0 unspecified atom stereocenters. The van der Waals surface area contributed by atoms with Crippen molar-refractivity contribution < 1.29 is 9.18 Å². The lowest BCUT2D eigenvalue weighted by atomic mass is 10.0. The fourth-order valence-electron chi connectivity index (χ4n) is 3.20. The summed E-state index contributed by atoms with van der Waals surface area (Å²) < 4.78 is 15.8. The summed E-state index contributed by atoms with van der Waals surface area (Å²) in [7, 11) is 0. The smallest absolute Gasteiger partial charge is 0.221 e. The first kappa shape index (κ1) is 17.5. The van der Waals surface area contributed by atoms with E-state index in [2.05, 4.69) is 25.7 Å². The molecule has 0 aliphatic carbocycles. The zero-order valence-electron chi connectivity index (χ0n) is 14.4. The van der Waals surface area contributed by atoms with E-state index < -0.39 is 0 Å². The second-order valence-corrected chi connectivity index (χ2v) is 6.28. The van der Waals surface area contributed by atoms with E-state index in [4.69, 9.17) is 0 Å². The first-order chi connectivity index (χ1) is 12.1. The van der Waals surface area contributed by atoms with E-state index >= 15 is 0 Å². The van der Waals surface area contributed by atoms with E-state index in [1.54, 1.807) is 23.7 Å². The number of hydrogen-bond acceptors (Lipinski definition) is 5. The summed E-state index contributed by atoms with van der Waals surface area (Å²) in [4.78, 5) is 14.4. The van der Waals surface area contributed by atoms with Crippen LogP contribution in [0.3, 0.4) is 0 Å². The molecule has 1 atom stereocenters. The normalized spacial score (nSPS) is 16.1. The van der Waals surface area contributed by atoms with Crippen molar-refractivity contribution in [3.8, 4) is 0 Å². The Morgan fingerprint density at radius 1 is 1.32 bits per heavy atom. The highest BCUT2D eigenvalue weighted by molar-refractivity contribution is 5.75. The molecule has 1 aromatic heterocycles.